The molecule has 0 aliphatic rings. The molecular weight excluding hydrogens is 245 g/mol. The summed E-state index contributed by atoms with van der Waals surface area (Å²) in [7, 11) is -1.73. The van der Waals surface area contributed by atoms with E-state index in [1.807, 2.05) is 0 Å². The van der Waals surface area contributed by atoms with Crippen LogP contribution in [0.5, 0.6) is 0 Å². The highest BCUT2D eigenvalue weighted by atomic mass is 35.7. The maximum Gasteiger partial charge on any atom is 0.274 e. The van der Waals surface area contributed by atoms with Crippen LogP contribution >= 0.6 is 19.0 Å². The van der Waals surface area contributed by atoms with Gasteiger partial charge in [-0.05, 0) is 59.2 Å². The second-order valence-corrected chi connectivity index (χ2v) is 7.48. The zero-order chi connectivity index (χ0) is 13.0. The van der Waals surface area contributed by atoms with E-state index in [0.29, 0.717) is 6.61 Å². The summed E-state index contributed by atoms with van der Waals surface area (Å²) in [5, 5.41) is 0. The Labute approximate surface area is 106 Å². The van der Waals surface area contributed by atoms with Crippen LogP contribution in [0, 0.1) is 0 Å². The zero-order valence-corrected chi connectivity index (χ0v) is 12.9. The molecule has 0 aromatic heterocycles. The zero-order valence-electron chi connectivity index (χ0n) is 11.2. The SMILES string of the molecule is CC(C)(C)N(CCCOP(O)Cl)C(C)(C)C. The maximum atomic E-state index is 8.83. The molecule has 1 unspecified atom stereocenters. The lowest BCUT2D eigenvalue weighted by Crippen LogP contribution is -2.53. The normalized spacial score (nSPS) is 15.6. The van der Waals surface area contributed by atoms with Crippen LogP contribution in [0.2, 0.25) is 0 Å². The van der Waals surface area contributed by atoms with Gasteiger partial charge >= 0.3 is 0 Å². The summed E-state index contributed by atoms with van der Waals surface area (Å²) in [5.74, 6) is 0. The molecule has 16 heavy (non-hydrogen) atoms. The summed E-state index contributed by atoms with van der Waals surface area (Å²) in [4.78, 5) is 11.3. The smallest absolute Gasteiger partial charge is 0.274 e. The Morgan fingerprint density at radius 2 is 1.56 bits per heavy atom. The lowest BCUT2D eigenvalue weighted by atomic mass is 9.96. The minimum atomic E-state index is -1.73. The van der Waals surface area contributed by atoms with E-state index in [9.17, 15) is 0 Å². The van der Waals surface area contributed by atoms with Crippen molar-refractivity contribution in [3.05, 3.63) is 0 Å². The molecule has 1 N–H and O–H groups in total. The average Bonchev–Trinajstić information content (AvgIpc) is 1.97. The van der Waals surface area contributed by atoms with Crippen molar-refractivity contribution in [1.82, 2.24) is 4.90 Å². The average molecular weight is 270 g/mol. The summed E-state index contributed by atoms with van der Waals surface area (Å²) < 4.78 is 4.98. The van der Waals surface area contributed by atoms with Crippen LogP contribution in [-0.4, -0.2) is 34.0 Å². The van der Waals surface area contributed by atoms with Crippen LogP contribution in [0.3, 0.4) is 0 Å². The van der Waals surface area contributed by atoms with E-state index in [1.165, 1.54) is 0 Å². The standard InChI is InChI=1S/C11H25ClNO2P/c1-10(2,3)13(11(4,5)6)8-7-9-15-16(12)14/h14H,7-9H2,1-6H3. The van der Waals surface area contributed by atoms with Crippen LogP contribution < -0.4 is 0 Å². The molecule has 0 fully saturated rings. The fraction of sp³-hybridized carbons (Fsp3) is 1.00. The molecule has 0 aromatic rings. The highest BCUT2D eigenvalue weighted by Crippen LogP contribution is 2.36. The van der Waals surface area contributed by atoms with Gasteiger partial charge in [0.25, 0.3) is 7.73 Å². The van der Waals surface area contributed by atoms with Crippen molar-refractivity contribution in [2.45, 2.75) is 59.0 Å². The Hall–Kier alpha value is 0.600. The minimum absolute atomic E-state index is 0.128. The second-order valence-electron chi connectivity index (χ2n) is 5.91. The van der Waals surface area contributed by atoms with E-state index >= 15 is 0 Å². The number of halogens is 1. The summed E-state index contributed by atoms with van der Waals surface area (Å²) in [6.07, 6.45) is 0.876. The summed E-state index contributed by atoms with van der Waals surface area (Å²) >= 11 is 5.36. The quantitative estimate of drug-likeness (QED) is 0.609. The van der Waals surface area contributed by atoms with Gasteiger partial charge in [-0.15, -0.1) is 0 Å². The van der Waals surface area contributed by atoms with Gasteiger partial charge in [0, 0.05) is 17.6 Å². The monoisotopic (exact) mass is 269 g/mol. The predicted octanol–water partition coefficient (Wildman–Crippen LogP) is 3.75. The van der Waals surface area contributed by atoms with E-state index in [1.54, 1.807) is 0 Å². The topological polar surface area (TPSA) is 32.7 Å². The van der Waals surface area contributed by atoms with Crippen molar-refractivity contribution >= 4 is 19.0 Å². The summed E-state index contributed by atoms with van der Waals surface area (Å²) in [6, 6.07) is 0. The molecule has 3 nitrogen and oxygen atoms in total. The Bertz CT molecular complexity index is 185. The molecule has 0 amide bonds. The van der Waals surface area contributed by atoms with Crippen LogP contribution in [0.25, 0.3) is 0 Å². The van der Waals surface area contributed by atoms with E-state index in [0.717, 1.165) is 13.0 Å². The van der Waals surface area contributed by atoms with E-state index in [2.05, 4.69) is 46.4 Å². The first kappa shape index (κ1) is 16.6. The third-order valence-corrected chi connectivity index (χ3v) is 3.03. The van der Waals surface area contributed by atoms with Gasteiger partial charge in [-0.1, -0.05) is 0 Å². The molecular formula is C11H25ClNO2P. The van der Waals surface area contributed by atoms with Gasteiger partial charge in [-0.2, -0.15) is 0 Å². The van der Waals surface area contributed by atoms with Gasteiger partial charge in [-0.3, -0.25) is 4.90 Å². The Balaban J connectivity index is 4.16. The molecule has 98 valence electrons. The van der Waals surface area contributed by atoms with E-state index < -0.39 is 7.73 Å². The largest absolute Gasteiger partial charge is 0.338 e. The van der Waals surface area contributed by atoms with Crippen LogP contribution in [0.4, 0.5) is 0 Å². The van der Waals surface area contributed by atoms with Gasteiger partial charge in [0.05, 0.1) is 6.61 Å². The minimum Gasteiger partial charge on any atom is -0.338 e. The first-order chi connectivity index (χ1) is 7.05. The van der Waals surface area contributed by atoms with Gasteiger partial charge < -0.3 is 9.42 Å². The lowest BCUT2D eigenvalue weighted by molar-refractivity contribution is 0.0340. The summed E-state index contributed by atoms with van der Waals surface area (Å²) in [6.45, 7) is 14.7. The highest BCUT2D eigenvalue weighted by Gasteiger charge is 2.30. The predicted molar refractivity (Wildman–Crippen MR) is 71.8 cm³/mol. The summed E-state index contributed by atoms with van der Waals surface area (Å²) in [5.41, 5.74) is 0.256. The molecule has 0 saturated heterocycles. The molecule has 0 radical (unpaired) electrons. The molecule has 0 aliphatic carbocycles. The molecule has 0 saturated carbocycles. The van der Waals surface area contributed by atoms with Gasteiger partial charge in [0.1, 0.15) is 0 Å². The Morgan fingerprint density at radius 3 is 1.88 bits per heavy atom. The molecule has 0 aromatic carbocycles. The molecule has 0 heterocycles. The number of hydrogen-bond acceptors (Lipinski definition) is 3. The highest BCUT2D eigenvalue weighted by molar-refractivity contribution is 7.75. The molecule has 5 heteroatoms. The first-order valence-corrected chi connectivity index (χ1v) is 7.72. The second kappa shape index (κ2) is 6.51. The third-order valence-electron chi connectivity index (χ3n) is 2.34. The van der Waals surface area contributed by atoms with Crippen molar-refractivity contribution in [3.63, 3.8) is 0 Å². The third kappa shape index (κ3) is 7.03. The van der Waals surface area contributed by atoms with Crippen molar-refractivity contribution in [2.24, 2.45) is 0 Å². The fourth-order valence-corrected chi connectivity index (χ4v) is 2.53. The Morgan fingerprint density at radius 1 is 1.12 bits per heavy atom. The van der Waals surface area contributed by atoms with Crippen LogP contribution in [0.1, 0.15) is 48.0 Å². The first-order valence-electron chi connectivity index (χ1n) is 5.60. The fourth-order valence-electron chi connectivity index (χ4n) is 2.04. The maximum absolute atomic E-state index is 8.83. The van der Waals surface area contributed by atoms with E-state index in [4.69, 9.17) is 20.7 Å². The van der Waals surface area contributed by atoms with Crippen molar-refractivity contribution in [2.75, 3.05) is 13.2 Å². The molecule has 0 rings (SSSR count). The lowest BCUT2D eigenvalue weighted by Gasteiger charge is -2.45. The van der Waals surface area contributed by atoms with Gasteiger partial charge in [0.15, 0.2) is 0 Å². The van der Waals surface area contributed by atoms with E-state index in [-0.39, 0.29) is 11.1 Å². The van der Waals surface area contributed by atoms with Crippen molar-refractivity contribution in [3.8, 4) is 0 Å². The Kier molecular flexibility index (Phi) is 6.75. The van der Waals surface area contributed by atoms with Crippen LogP contribution in [-0.2, 0) is 4.52 Å². The number of hydrogen-bond donors (Lipinski definition) is 1. The van der Waals surface area contributed by atoms with Gasteiger partial charge in [-0.25, -0.2) is 0 Å². The molecule has 0 bridgehead atoms. The van der Waals surface area contributed by atoms with Crippen molar-refractivity contribution in [1.29, 1.82) is 0 Å². The molecule has 1 atom stereocenters. The van der Waals surface area contributed by atoms with Crippen LogP contribution in [0.15, 0.2) is 0 Å². The number of nitrogens with zero attached hydrogens (tertiary/aromatic N) is 1. The number of rotatable bonds is 5. The molecule has 0 aliphatic heterocycles. The molecule has 0 spiro atoms. The van der Waals surface area contributed by atoms with Crippen molar-refractivity contribution < 1.29 is 9.42 Å². The van der Waals surface area contributed by atoms with Gasteiger partial charge in [0.2, 0.25) is 0 Å².